The van der Waals surface area contributed by atoms with E-state index in [0.717, 1.165) is 22.4 Å². The normalized spacial score (nSPS) is 13.0. The Balaban J connectivity index is 2.34. The molecule has 0 aliphatic rings. The van der Waals surface area contributed by atoms with Crippen molar-refractivity contribution in [3.63, 3.8) is 0 Å². The second-order valence-electron chi connectivity index (χ2n) is 6.45. The van der Waals surface area contributed by atoms with Crippen LogP contribution in [0.2, 0.25) is 0 Å². The Morgan fingerprint density at radius 2 is 1.76 bits per heavy atom. The Morgan fingerprint density at radius 1 is 1.07 bits per heavy atom. The van der Waals surface area contributed by atoms with Crippen LogP contribution in [0.25, 0.3) is 0 Å². The van der Waals surface area contributed by atoms with Gasteiger partial charge in [0.05, 0.1) is 16.7 Å². The smallest absolute Gasteiger partial charge is 0.360 e. The van der Waals surface area contributed by atoms with E-state index in [2.05, 4.69) is 39.8 Å². The summed E-state index contributed by atoms with van der Waals surface area (Å²) in [5.41, 5.74) is 5.47. The van der Waals surface area contributed by atoms with Crippen molar-refractivity contribution in [1.29, 1.82) is 0 Å². The number of ether oxygens (including phenoxy) is 1. The molecule has 0 saturated heterocycles. The van der Waals surface area contributed by atoms with Gasteiger partial charge in [0.2, 0.25) is 0 Å². The highest BCUT2D eigenvalue weighted by Gasteiger charge is 2.21. The van der Waals surface area contributed by atoms with Crippen LogP contribution in [0.5, 0.6) is 0 Å². The second-order valence-corrected chi connectivity index (χ2v) is 8.32. The third-order valence-corrected chi connectivity index (χ3v) is 4.91. The lowest BCUT2D eigenvalue weighted by Crippen LogP contribution is -2.20. The highest BCUT2D eigenvalue weighted by Crippen LogP contribution is 2.19. The van der Waals surface area contributed by atoms with Gasteiger partial charge in [-0.1, -0.05) is 80.9 Å². The van der Waals surface area contributed by atoms with Crippen LogP contribution in [0.4, 0.5) is 0 Å². The lowest BCUT2D eigenvalue weighted by molar-refractivity contribution is -0.132. The van der Waals surface area contributed by atoms with Crippen molar-refractivity contribution in [3.05, 3.63) is 70.3 Å². The van der Waals surface area contributed by atoms with E-state index in [1.54, 1.807) is 6.07 Å². The number of carbonyl (C=O) groups is 1. The molecule has 1 unspecified atom stereocenters. The molecular formula is C22H25IN2O4. The number of benzene rings is 2. The number of alkyl halides is 1. The van der Waals surface area contributed by atoms with Gasteiger partial charge in [0.25, 0.3) is 0 Å². The zero-order valence-electron chi connectivity index (χ0n) is 17.2. The molecule has 0 amide bonds. The molecule has 0 heterocycles. The summed E-state index contributed by atoms with van der Waals surface area (Å²) in [5.74, 6) is -0.580. The molecule has 0 aromatic heterocycles. The summed E-state index contributed by atoms with van der Waals surface area (Å²) in [6, 6.07) is 13.7. The number of methoxy groups -OCH3 is 1. The number of hydrogen-bond donors (Lipinski definition) is 0. The molecule has 0 N–H and O–H groups in total. The van der Waals surface area contributed by atoms with E-state index >= 15 is 0 Å². The fraction of sp³-hybridized carbons (Fsp3) is 0.318. The monoisotopic (exact) mass is 508 g/mol. The molecule has 1 atom stereocenters. The van der Waals surface area contributed by atoms with Gasteiger partial charge in [-0.15, -0.1) is 0 Å². The molecule has 6 nitrogen and oxygen atoms in total. The first kappa shape index (κ1) is 22.9. The van der Waals surface area contributed by atoms with Crippen LogP contribution in [0.15, 0.2) is 52.8 Å². The molecule has 0 radical (unpaired) electrons. The Morgan fingerprint density at radius 3 is 2.34 bits per heavy atom. The third-order valence-electron chi connectivity index (χ3n) is 4.32. The molecule has 7 heteroatoms. The van der Waals surface area contributed by atoms with E-state index in [1.807, 2.05) is 50.2 Å². The number of oxime groups is 2. The number of rotatable bonds is 8. The minimum atomic E-state index is -0.580. The number of hydrogen-bond acceptors (Lipinski definition) is 6. The van der Waals surface area contributed by atoms with Crippen molar-refractivity contribution in [2.45, 2.75) is 31.3 Å². The lowest BCUT2D eigenvalue weighted by Gasteiger charge is -2.14. The molecule has 0 saturated carbocycles. The maximum Gasteiger partial charge on any atom is 0.360 e. The summed E-state index contributed by atoms with van der Waals surface area (Å²) < 4.78 is 5.00. The van der Waals surface area contributed by atoms with Crippen molar-refractivity contribution < 1.29 is 19.2 Å². The molecule has 29 heavy (non-hydrogen) atoms. The van der Waals surface area contributed by atoms with E-state index in [0.29, 0.717) is 5.56 Å². The van der Waals surface area contributed by atoms with Crippen LogP contribution < -0.4 is 0 Å². The molecule has 2 aromatic rings. The Bertz CT molecular complexity index is 906. The van der Waals surface area contributed by atoms with Crippen LogP contribution in [0.3, 0.4) is 0 Å². The second kappa shape index (κ2) is 10.9. The highest BCUT2D eigenvalue weighted by molar-refractivity contribution is 14.1. The minimum absolute atomic E-state index is 0.0855. The average molecular weight is 508 g/mol. The van der Waals surface area contributed by atoms with Gasteiger partial charge in [0.1, 0.15) is 13.7 Å². The molecule has 0 fully saturated rings. The van der Waals surface area contributed by atoms with Gasteiger partial charge in [0, 0.05) is 16.7 Å². The first-order valence-corrected chi connectivity index (χ1v) is 10.3. The Labute approximate surface area is 185 Å². The zero-order chi connectivity index (χ0) is 21.4. The van der Waals surface area contributed by atoms with Crippen molar-refractivity contribution in [1.82, 2.24) is 0 Å². The fourth-order valence-electron chi connectivity index (χ4n) is 2.75. The zero-order valence-corrected chi connectivity index (χ0v) is 19.4. The van der Waals surface area contributed by atoms with Crippen LogP contribution >= 0.6 is 22.6 Å². The summed E-state index contributed by atoms with van der Waals surface area (Å²) in [7, 11) is 2.69. The first-order valence-electron chi connectivity index (χ1n) is 9.08. The van der Waals surface area contributed by atoms with E-state index < -0.39 is 5.97 Å². The first-order chi connectivity index (χ1) is 13.9. The molecule has 154 valence electrons. The van der Waals surface area contributed by atoms with Crippen molar-refractivity contribution in [3.8, 4) is 0 Å². The van der Waals surface area contributed by atoms with Gasteiger partial charge in [-0.2, -0.15) is 0 Å². The van der Waals surface area contributed by atoms with E-state index in [9.17, 15) is 4.79 Å². The summed E-state index contributed by atoms with van der Waals surface area (Å²) >= 11 is 2.31. The molecule has 0 spiro atoms. The molecule has 2 aromatic carbocycles. The lowest BCUT2D eigenvalue weighted by atomic mass is 9.99. The van der Waals surface area contributed by atoms with Gasteiger partial charge in [-0.05, 0) is 26.3 Å². The topological polar surface area (TPSA) is 69.5 Å². The van der Waals surface area contributed by atoms with Gasteiger partial charge in [-0.25, -0.2) is 4.79 Å². The van der Waals surface area contributed by atoms with Gasteiger partial charge in [0.15, 0.2) is 5.71 Å². The SMILES string of the molecule is CO/N=C(/C(=O)OC)c1cccc(C)c1CO/N=C(/c1ccc(C)cc1)C(C)I. The molecule has 2 rings (SSSR count). The summed E-state index contributed by atoms with van der Waals surface area (Å²) in [5, 5.41) is 8.24. The Kier molecular flexibility index (Phi) is 8.63. The maximum absolute atomic E-state index is 12.1. The quantitative estimate of drug-likeness (QED) is 0.172. The summed E-state index contributed by atoms with van der Waals surface area (Å²) in [6.45, 7) is 6.23. The number of carbonyl (C=O) groups excluding carboxylic acids is 1. The predicted molar refractivity (Wildman–Crippen MR) is 123 cm³/mol. The van der Waals surface area contributed by atoms with Crippen molar-refractivity contribution in [2.75, 3.05) is 14.2 Å². The standard InChI is InChI=1S/C22H25IN2O4/c1-14-9-11-17(12-10-14)20(16(3)23)25-29-13-19-15(2)7-6-8-18(19)21(24-28-5)22(26)27-4/h6-12,16H,13H2,1-5H3/b24-21+,25-20+. The average Bonchev–Trinajstić information content (AvgIpc) is 2.70. The minimum Gasteiger partial charge on any atom is -0.464 e. The molecule has 0 aliphatic carbocycles. The van der Waals surface area contributed by atoms with Crippen molar-refractivity contribution >= 4 is 40.0 Å². The van der Waals surface area contributed by atoms with Crippen LogP contribution in [0.1, 0.15) is 34.7 Å². The molecular weight excluding hydrogens is 483 g/mol. The van der Waals surface area contributed by atoms with Gasteiger partial charge >= 0.3 is 5.97 Å². The molecule has 0 aliphatic heterocycles. The van der Waals surface area contributed by atoms with Crippen LogP contribution in [0, 0.1) is 13.8 Å². The van der Waals surface area contributed by atoms with Gasteiger partial charge < -0.3 is 14.4 Å². The van der Waals surface area contributed by atoms with Gasteiger partial charge in [-0.3, -0.25) is 0 Å². The number of esters is 1. The third kappa shape index (κ3) is 6.03. The fourth-order valence-corrected chi connectivity index (χ4v) is 3.22. The maximum atomic E-state index is 12.1. The summed E-state index contributed by atoms with van der Waals surface area (Å²) in [4.78, 5) is 22.7. The van der Waals surface area contributed by atoms with E-state index in [-0.39, 0.29) is 16.2 Å². The predicted octanol–water partition coefficient (Wildman–Crippen LogP) is 4.57. The van der Waals surface area contributed by atoms with Crippen molar-refractivity contribution in [2.24, 2.45) is 10.3 Å². The number of halogens is 1. The Hall–Kier alpha value is -2.42. The molecule has 0 bridgehead atoms. The van der Waals surface area contributed by atoms with Crippen LogP contribution in [-0.2, 0) is 25.8 Å². The summed E-state index contributed by atoms with van der Waals surface area (Å²) in [6.07, 6.45) is 0. The van der Waals surface area contributed by atoms with E-state index in [4.69, 9.17) is 14.4 Å². The van der Waals surface area contributed by atoms with E-state index in [1.165, 1.54) is 19.8 Å². The number of nitrogens with zero attached hydrogens (tertiary/aromatic N) is 2. The number of aryl methyl sites for hydroxylation is 2. The van der Waals surface area contributed by atoms with Crippen LogP contribution in [-0.4, -0.2) is 35.5 Å². The largest absolute Gasteiger partial charge is 0.464 e. The highest BCUT2D eigenvalue weighted by atomic mass is 127.